The van der Waals surface area contributed by atoms with Crippen LogP contribution >= 0.6 is 0 Å². The molecule has 2 rings (SSSR count). The number of imidazole rings is 1. The molecule has 0 aliphatic carbocycles. The molecule has 0 spiro atoms. The lowest BCUT2D eigenvalue weighted by Crippen LogP contribution is -2.30. The van der Waals surface area contributed by atoms with Crippen molar-refractivity contribution in [2.75, 3.05) is 33.1 Å². The third-order valence-corrected chi connectivity index (χ3v) is 2.98. The fourth-order valence-corrected chi connectivity index (χ4v) is 1.96. The molecule has 0 radical (unpaired) electrons. The van der Waals surface area contributed by atoms with Gasteiger partial charge >= 0.3 is 0 Å². The number of nitrogens with two attached hydrogens (primary N) is 1. The van der Waals surface area contributed by atoms with E-state index < -0.39 is 5.82 Å². The Morgan fingerprint density at radius 1 is 1.48 bits per heavy atom. The number of nitrogens with zero attached hydrogens (tertiary/aromatic N) is 2. The normalized spacial score (nSPS) is 10.8. The molecule has 0 atom stereocenters. The minimum atomic E-state index is -0.529. The van der Waals surface area contributed by atoms with Crippen LogP contribution in [0.5, 0.6) is 5.75 Å². The lowest BCUT2D eigenvalue weighted by molar-refractivity contribution is -0.121. The van der Waals surface area contributed by atoms with Crippen LogP contribution < -0.4 is 15.8 Å². The smallest absolute Gasteiger partial charge is 0.240 e. The maximum absolute atomic E-state index is 13.6. The summed E-state index contributed by atoms with van der Waals surface area (Å²) in [5, 5.41) is 2.68. The number of anilines is 1. The summed E-state index contributed by atoms with van der Waals surface area (Å²) in [6.45, 7) is 0.811. The number of halogens is 1. The van der Waals surface area contributed by atoms with Crippen LogP contribution in [-0.4, -0.2) is 42.8 Å². The van der Waals surface area contributed by atoms with Crippen LogP contribution in [-0.2, 0) is 16.1 Å². The minimum Gasteiger partial charge on any atom is -0.494 e. The predicted octanol–water partition coefficient (Wildman–Crippen LogP) is 0.529. The first-order valence-electron chi connectivity index (χ1n) is 6.31. The lowest BCUT2D eigenvalue weighted by atomic mass is 10.3. The van der Waals surface area contributed by atoms with Gasteiger partial charge in [0.15, 0.2) is 11.6 Å². The molecule has 3 N–H and O–H groups in total. The van der Waals surface area contributed by atoms with Crippen molar-refractivity contribution in [3.8, 4) is 5.75 Å². The summed E-state index contributed by atoms with van der Waals surface area (Å²) < 4.78 is 24.9. The van der Waals surface area contributed by atoms with E-state index in [9.17, 15) is 9.18 Å². The Morgan fingerprint density at radius 3 is 2.90 bits per heavy atom. The number of nitrogen functional groups attached to an aromatic ring is 1. The SMILES string of the molecule is COCCNC(=O)Cn1c(N)nc2cc(F)c(OC)cc21. The highest BCUT2D eigenvalue weighted by molar-refractivity contribution is 5.83. The van der Waals surface area contributed by atoms with Gasteiger partial charge in [0, 0.05) is 25.8 Å². The zero-order valence-electron chi connectivity index (χ0n) is 11.9. The number of amides is 1. The van der Waals surface area contributed by atoms with E-state index in [0.717, 1.165) is 0 Å². The van der Waals surface area contributed by atoms with Crippen molar-refractivity contribution in [3.63, 3.8) is 0 Å². The number of hydrogen-bond donors (Lipinski definition) is 2. The zero-order valence-corrected chi connectivity index (χ0v) is 11.9. The molecule has 114 valence electrons. The molecule has 0 aliphatic rings. The molecule has 1 aromatic carbocycles. The molecule has 1 amide bonds. The van der Waals surface area contributed by atoms with Gasteiger partial charge in [-0.25, -0.2) is 9.37 Å². The van der Waals surface area contributed by atoms with Crippen LogP contribution in [0.1, 0.15) is 0 Å². The number of rotatable bonds is 6. The van der Waals surface area contributed by atoms with Gasteiger partial charge in [0.05, 0.1) is 24.8 Å². The fraction of sp³-hybridized carbons (Fsp3) is 0.385. The van der Waals surface area contributed by atoms with Gasteiger partial charge in [-0.3, -0.25) is 4.79 Å². The summed E-state index contributed by atoms with van der Waals surface area (Å²) >= 11 is 0. The van der Waals surface area contributed by atoms with Crippen molar-refractivity contribution in [1.82, 2.24) is 14.9 Å². The van der Waals surface area contributed by atoms with Crippen molar-refractivity contribution in [3.05, 3.63) is 17.9 Å². The highest BCUT2D eigenvalue weighted by atomic mass is 19.1. The molecule has 0 saturated heterocycles. The van der Waals surface area contributed by atoms with E-state index in [1.165, 1.54) is 23.8 Å². The molecule has 0 aliphatic heterocycles. The van der Waals surface area contributed by atoms with Gasteiger partial charge < -0.3 is 25.1 Å². The number of ether oxygens (including phenoxy) is 2. The van der Waals surface area contributed by atoms with E-state index in [4.69, 9.17) is 15.2 Å². The van der Waals surface area contributed by atoms with E-state index in [-0.39, 0.29) is 24.1 Å². The summed E-state index contributed by atoms with van der Waals surface area (Å²) in [5.74, 6) is -0.552. The molecule has 8 heteroatoms. The molecular weight excluding hydrogens is 279 g/mol. The lowest BCUT2D eigenvalue weighted by Gasteiger charge is -2.08. The molecule has 1 aromatic heterocycles. The van der Waals surface area contributed by atoms with Gasteiger partial charge in [0.25, 0.3) is 0 Å². The van der Waals surface area contributed by atoms with Crippen LogP contribution in [0.3, 0.4) is 0 Å². The molecule has 0 saturated carbocycles. The molecule has 21 heavy (non-hydrogen) atoms. The number of carbonyl (C=O) groups is 1. The first kappa shape index (κ1) is 15.0. The number of fused-ring (bicyclic) bond motifs is 1. The summed E-state index contributed by atoms with van der Waals surface area (Å²) in [6, 6.07) is 2.69. The summed E-state index contributed by atoms with van der Waals surface area (Å²) in [7, 11) is 2.92. The second-order valence-corrected chi connectivity index (χ2v) is 4.37. The first-order chi connectivity index (χ1) is 10.1. The molecule has 0 bridgehead atoms. The quantitative estimate of drug-likeness (QED) is 0.759. The number of carbonyl (C=O) groups excluding carboxylic acids is 1. The van der Waals surface area contributed by atoms with E-state index in [0.29, 0.717) is 24.2 Å². The average Bonchev–Trinajstić information content (AvgIpc) is 2.73. The average molecular weight is 296 g/mol. The van der Waals surface area contributed by atoms with Crippen molar-refractivity contribution in [1.29, 1.82) is 0 Å². The Balaban J connectivity index is 2.26. The third kappa shape index (κ3) is 3.22. The second kappa shape index (κ2) is 6.40. The second-order valence-electron chi connectivity index (χ2n) is 4.37. The van der Waals surface area contributed by atoms with E-state index >= 15 is 0 Å². The highest BCUT2D eigenvalue weighted by Gasteiger charge is 2.15. The monoisotopic (exact) mass is 296 g/mol. The van der Waals surface area contributed by atoms with E-state index in [1.807, 2.05) is 0 Å². The number of hydrogen-bond acceptors (Lipinski definition) is 5. The summed E-state index contributed by atoms with van der Waals surface area (Å²) in [5.41, 5.74) is 6.69. The van der Waals surface area contributed by atoms with E-state index in [1.54, 1.807) is 7.11 Å². The van der Waals surface area contributed by atoms with Crippen molar-refractivity contribution >= 4 is 22.9 Å². The fourth-order valence-electron chi connectivity index (χ4n) is 1.96. The summed E-state index contributed by atoms with van der Waals surface area (Å²) in [4.78, 5) is 15.9. The highest BCUT2D eigenvalue weighted by Crippen LogP contribution is 2.26. The van der Waals surface area contributed by atoms with Crippen molar-refractivity contribution in [2.24, 2.45) is 0 Å². The van der Waals surface area contributed by atoms with Gasteiger partial charge in [-0.1, -0.05) is 0 Å². The molecule has 0 unspecified atom stereocenters. The van der Waals surface area contributed by atoms with Crippen LogP contribution in [0.15, 0.2) is 12.1 Å². The number of aromatic nitrogens is 2. The van der Waals surface area contributed by atoms with Crippen LogP contribution in [0.4, 0.5) is 10.3 Å². The van der Waals surface area contributed by atoms with Gasteiger partial charge in [-0.05, 0) is 0 Å². The van der Waals surface area contributed by atoms with Crippen LogP contribution in [0, 0.1) is 5.82 Å². The first-order valence-corrected chi connectivity index (χ1v) is 6.31. The van der Waals surface area contributed by atoms with Gasteiger partial charge in [-0.2, -0.15) is 0 Å². The Labute approximate surface area is 120 Å². The van der Waals surface area contributed by atoms with Crippen LogP contribution in [0.2, 0.25) is 0 Å². The number of nitrogens with one attached hydrogen (secondary N) is 1. The molecule has 2 aromatic rings. The van der Waals surface area contributed by atoms with Gasteiger partial charge in [-0.15, -0.1) is 0 Å². The Morgan fingerprint density at radius 2 is 2.24 bits per heavy atom. The standard InChI is InChI=1S/C13H17FN4O3/c1-20-4-3-16-12(19)7-18-10-6-11(21-2)8(14)5-9(10)17-13(18)15/h5-6H,3-4,7H2,1-2H3,(H2,15,17)(H,16,19). The Hall–Kier alpha value is -2.35. The van der Waals surface area contributed by atoms with Gasteiger partial charge in [0.2, 0.25) is 11.9 Å². The Bertz CT molecular complexity index is 656. The topological polar surface area (TPSA) is 91.4 Å². The number of methoxy groups -OCH3 is 2. The van der Waals surface area contributed by atoms with Crippen molar-refractivity contribution < 1.29 is 18.7 Å². The molecule has 1 heterocycles. The maximum Gasteiger partial charge on any atom is 0.240 e. The minimum absolute atomic E-state index is 0.0131. The van der Waals surface area contributed by atoms with E-state index in [2.05, 4.69) is 10.3 Å². The zero-order chi connectivity index (χ0) is 15.4. The molecule has 7 nitrogen and oxygen atoms in total. The number of benzene rings is 1. The molecule has 0 fully saturated rings. The third-order valence-electron chi connectivity index (χ3n) is 2.98. The maximum atomic E-state index is 13.6. The largest absolute Gasteiger partial charge is 0.494 e. The van der Waals surface area contributed by atoms with Crippen molar-refractivity contribution in [2.45, 2.75) is 6.54 Å². The summed E-state index contributed by atoms with van der Waals surface area (Å²) in [6.07, 6.45) is 0. The Kier molecular flexibility index (Phi) is 4.59. The van der Waals surface area contributed by atoms with Gasteiger partial charge in [0.1, 0.15) is 6.54 Å². The predicted molar refractivity (Wildman–Crippen MR) is 75.5 cm³/mol. The van der Waals surface area contributed by atoms with Crippen LogP contribution in [0.25, 0.3) is 11.0 Å². The molecular formula is C13H17FN4O3.